The van der Waals surface area contributed by atoms with Crippen LogP contribution in [0.3, 0.4) is 0 Å². The molecule has 6 nitrogen and oxygen atoms in total. The second-order valence-electron chi connectivity index (χ2n) is 3.65. The highest BCUT2D eigenvalue weighted by Crippen LogP contribution is 2.03. The summed E-state index contributed by atoms with van der Waals surface area (Å²) in [5.74, 6) is 0.873. The molecule has 0 amide bonds. The fourth-order valence-electron chi connectivity index (χ4n) is 1.31. The Morgan fingerprint density at radius 2 is 2.20 bits per heavy atom. The van der Waals surface area contributed by atoms with Crippen molar-refractivity contribution in [3.8, 4) is 0 Å². The number of imidazole rings is 1. The largest absolute Gasteiger partial charge is 0.492 e. The molecule has 7 heteroatoms. The van der Waals surface area contributed by atoms with E-state index in [1.165, 1.54) is 0 Å². The van der Waals surface area contributed by atoms with E-state index >= 15 is 0 Å². The Morgan fingerprint density at radius 1 is 1.47 bits per heavy atom. The molecule has 0 aliphatic heterocycles. The summed E-state index contributed by atoms with van der Waals surface area (Å²) < 4.78 is 0. The average molecular weight is 231 g/mol. The van der Waals surface area contributed by atoms with E-state index in [4.69, 9.17) is 14.4 Å². The van der Waals surface area contributed by atoms with E-state index in [-0.39, 0.29) is 6.04 Å². The minimum atomic E-state index is -3.85. The molecule has 0 fully saturated rings. The second-order valence-corrected chi connectivity index (χ2v) is 5.70. The number of nitrogens with zero attached hydrogens (tertiary/aromatic N) is 2. The molecular weight excluding hydrogens is 214 g/mol. The van der Waals surface area contributed by atoms with Gasteiger partial charge in [-0.3, -0.25) is 4.90 Å². The molecule has 86 valence electrons. The van der Waals surface area contributed by atoms with Gasteiger partial charge in [0.25, 0.3) is 0 Å². The van der Waals surface area contributed by atoms with Crippen LogP contribution in [0, 0.1) is 0 Å². The molecule has 0 bridgehead atoms. The van der Waals surface area contributed by atoms with Crippen molar-refractivity contribution in [3.63, 3.8) is 0 Å². The smallest absolute Gasteiger partial charge is 0.390 e. The maximum atomic E-state index is 8.80. The summed E-state index contributed by atoms with van der Waals surface area (Å²) in [6, 6.07) is 0.0789. The highest BCUT2D eigenvalue weighted by molar-refractivity contribution is 6.56. The van der Waals surface area contributed by atoms with Gasteiger partial charge >= 0.3 is 8.80 Å². The van der Waals surface area contributed by atoms with Crippen molar-refractivity contribution >= 4 is 8.80 Å². The Labute approximate surface area is 89.6 Å². The summed E-state index contributed by atoms with van der Waals surface area (Å²) in [4.78, 5) is 35.5. The van der Waals surface area contributed by atoms with Gasteiger partial charge < -0.3 is 19.4 Å². The fraction of sp³-hybridized carbons (Fsp3) is 0.625. The highest BCUT2D eigenvalue weighted by Gasteiger charge is 2.25. The van der Waals surface area contributed by atoms with E-state index in [1.807, 2.05) is 11.9 Å². The van der Waals surface area contributed by atoms with E-state index < -0.39 is 8.80 Å². The van der Waals surface area contributed by atoms with Gasteiger partial charge in [0.1, 0.15) is 5.82 Å². The molecule has 15 heavy (non-hydrogen) atoms. The summed E-state index contributed by atoms with van der Waals surface area (Å²) in [5.41, 5.74) is 0. The van der Waals surface area contributed by atoms with Crippen LogP contribution >= 0.6 is 0 Å². The summed E-state index contributed by atoms with van der Waals surface area (Å²) in [5, 5.41) is 0. The molecule has 0 aliphatic rings. The predicted octanol–water partition coefficient (Wildman–Crippen LogP) is -0.853. The molecule has 0 saturated heterocycles. The Bertz CT molecular complexity index is 273. The zero-order valence-electron chi connectivity index (χ0n) is 8.72. The van der Waals surface area contributed by atoms with Crippen LogP contribution in [-0.2, 0) is 6.54 Å². The van der Waals surface area contributed by atoms with E-state index in [0.29, 0.717) is 19.5 Å². The van der Waals surface area contributed by atoms with Crippen LogP contribution in [0.25, 0.3) is 0 Å². The summed E-state index contributed by atoms with van der Waals surface area (Å²) in [6.07, 6.45) is 4.01. The minimum absolute atomic E-state index is 0.0789. The SMILES string of the molecule is CN(CCC[Si](O)(O)O)Cc1ncc[nH]1. The molecule has 0 spiro atoms. The summed E-state index contributed by atoms with van der Waals surface area (Å²) in [6.45, 7) is 1.38. The number of hydrogen-bond acceptors (Lipinski definition) is 5. The lowest BCUT2D eigenvalue weighted by Crippen LogP contribution is -2.35. The van der Waals surface area contributed by atoms with Crippen molar-refractivity contribution in [1.82, 2.24) is 14.9 Å². The van der Waals surface area contributed by atoms with Crippen LogP contribution in [0.4, 0.5) is 0 Å². The Hall–Kier alpha value is -0.733. The number of rotatable bonds is 6. The molecule has 0 saturated carbocycles. The lowest BCUT2D eigenvalue weighted by molar-refractivity contribution is 0.221. The first kappa shape index (κ1) is 12.3. The first-order valence-corrected chi connectivity index (χ1v) is 6.86. The number of aromatic nitrogens is 2. The number of hydrogen-bond donors (Lipinski definition) is 4. The quantitative estimate of drug-likeness (QED) is 0.479. The van der Waals surface area contributed by atoms with Crippen LogP contribution in [-0.4, -0.2) is 51.7 Å². The molecule has 0 radical (unpaired) electrons. The monoisotopic (exact) mass is 231 g/mol. The lowest BCUT2D eigenvalue weighted by Gasteiger charge is -2.16. The van der Waals surface area contributed by atoms with Gasteiger partial charge in [-0.1, -0.05) is 0 Å². The molecule has 1 heterocycles. The van der Waals surface area contributed by atoms with Crippen molar-refractivity contribution in [2.24, 2.45) is 0 Å². The molecule has 0 unspecified atom stereocenters. The highest BCUT2D eigenvalue weighted by atomic mass is 28.4. The number of aromatic amines is 1. The van der Waals surface area contributed by atoms with Crippen molar-refractivity contribution in [3.05, 3.63) is 18.2 Å². The summed E-state index contributed by atoms with van der Waals surface area (Å²) >= 11 is 0. The molecule has 1 aromatic rings. The Kier molecular flexibility index (Phi) is 4.42. The van der Waals surface area contributed by atoms with Gasteiger partial charge in [-0.25, -0.2) is 4.98 Å². The predicted molar refractivity (Wildman–Crippen MR) is 56.8 cm³/mol. The van der Waals surface area contributed by atoms with Gasteiger partial charge in [0.05, 0.1) is 6.54 Å². The van der Waals surface area contributed by atoms with Gasteiger partial charge in [0.2, 0.25) is 0 Å². The third-order valence-corrected chi connectivity index (χ3v) is 3.05. The van der Waals surface area contributed by atoms with Gasteiger partial charge in [-0.2, -0.15) is 0 Å². The number of H-pyrrole nitrogens is 1. The number of nitrogens with one attached hydrogen (secondary N) is 1. The average Bonchev–Trinajstić information content (AvgIpc) is 2.54. The second kappa shape index (κ2) is 5.38. The van der Waals surface area contributed by atoms with Crippen LogP contribution in [0.15, 0.2) is 12.4 Å². The topological polar surface area (TPSA) is 92.6 Å². The van der Waals surface area contributed by atoms with Crippen LogP contribution < -0.4 is 0 Å². The minimum Gasteiger partial charge on any atom is -0.390 e. The van der Waals surface area contributed by atoms with Gasteiger partial charge in [0.15, 0.2) is 0 Å². The van der Waals surface area contributed by atoms with E-state index in [0.717, 1.165) is 5.82 Å². The zero-order chi connectivity index (χ0) is 11.3. The Balaban J connectivity index is 2.17. The molecule has 4 N–H and O–H groups in total. The van der Waals surface area contributed by atoms with E-state index in [9.17, 15) is 0 Å². The van der Waals surface area contributed by atoms with Crippen LogP contribution in [0.5, 0.6) is 0 Å². The van der Waals surface area contributed by atoms with Gasteiger partial charge in [-0.05, 0) is 20.0 Å². The van der Waals surface area contributed by atoms with E-state index in [2.05, 4.69) is 9.97 Å². The van der Waals surface area contributed by atoms with Crippen molar-refractivity contribution in [2.75, 3.05) is 13.6 Å². The molecular formula is C8H17N3O3Si. The lowest BCUT2D eigenvalue weighted by atomic mass is 10.4. The van der Waals surface area contributed by atoms with Crippen molar-refractivity contribution in [1.29, 1.82) is 0 Å². The molecule has 0 aliphatic carbocycles. The molecule has 0 aromatic carbocycles. The molecule has 0 atom stereocenters. The zero-order valence-corrected chi connectivity index (χ0v) is 9.72. The molecule has 1 rings (SSSR count). The van der Waals surface area contributed by atoms with E-state index in [1.54, 1.807) is 12.4 Å². The van der Waals surface area contributed by atoms with Crippen LogP contribution in [0.1, 0.15) is 12.2 Å². The van der Waals surface area contributed by atoms with Crippen molar-refractivity contribution in [2.45, 2.75) is 19.0 Å². The first-order chi connectivity index (χ1) is 6.97. The fourth-order valence-corrected chi connectivity index (χ4v) is 1.94. The van der Waals surface area contributed by atoms with Crippen molar-refractivity contribution < 1.29 is 14.4 Å². The normalized spacial score (nSPS) is 12.3. The van der Waals surface area contributed by atoms with Crippen LogP contribution in [0.2, 0.25) is 6.04 Å². The first-order valence-electron chi connectivity index (χ1n) is 4.81. The third kappa shape index (κ3) is 5.65. The van der Waals surface area contributed by atoms with Gasteiger partial charge in [0, 0.05) is 18.4 Å². The third-order valence-electron chi connectivity index (χ3n) is 2.03. The maximum absolute atomic E-state index is 8.80. The van der Waals surface area contributed by atoms with Gasteiger partial charge in [-0.15, -0.1) is 0 Å². The Morgan fingerprint density at radius 3 is 2.73 bits per heavy atom. The standard InChI is InChI=1S/C8H17N3O3Si/c1-11(5-2-6-15(12,13)14)7-8-9-3-4-10-8/h3-4,12-14H,2,5-7H2,1H3,(H,9,10). The summed E-state index contributed by atoms with van der Waals surface area (Å²) in [7, 11) is -1.94. The molecule has 1 aromatic heterocycles. The maximum Gasteiger partial charge on any atom is 0.492 e.